The molecule has 4 heteroatoms. The number of fused-ring (bicyclic) bond motifs is 3. The molecule has 4 rings (SSSR count). The molecule has 0 spiro atoms. The lowest BCUT2D eigenvalue weighted by Crippen LogP contribution is -2.18. The van der Waals surface area contributed by atoms with Crippen LogP contribution in [0.2, 0.25) is 0 Å². The fourth-order valence-electron chi connectivity index (χ4n) is 3.68. The molecule has 1 aliphatic rings. The van der Waals surface area contributed by atoms with Gasteiger partial charge in [-0.25, -0.2) is 0 Å². The molecule has 0 aliphatic heterocycles. The van der Waals surface area contributed by atoms with E-state index in [2.05, 4.69) is 22.8 Å². The SMILES string of the molecule is COCc1c[c]c2c3c(C(N)=O)cccc3n(CC3CCC3)c2c1. The van der Waals surface area contributed by atoms with Gasteiger partial charge in [0.1, 0.15) is 0 Å². The molecule has 1 heterocycles. The molecule has 2 N–H and O–H groups in total. The molecule has 123 valence electrons. The number of nitrogens with two attached hydrogens (primary N) is 1. The lowest BCUT2D eigenvalue weighted by atomic mass is 9.85. The summed E-state index contributed by atoms with van der Waals surface area (Å²) in [5, 5.41) is 1.89. The quantitative estimate of drug-likeness (QED) is 0.780. The standard InChI is InChI=1S/C20H21N2O2/c1-24-12-14-8-9-15-18(10-14)22(11-13-4-2-5-13)17-7-3-6-16(19(15)17)20(21)23/h3,6-8,10,13H,2,4-5,11-12H2,1H3,(H2,21,23). The monoisotopic (exact) mass is 321 g/mol. The molecule has 2 aromatic carbocycles. The zero-order chi connectivity index (χ0) is 16.7. The molecule has 1 fully saturated rings. The highest BCUT2D eigenvalue weighted by Gasteiger charge is 2.22. The second-order valence-electron chi connectivity index (χ2n) is 6.67. The number of benzene rings is 2. The molecule has 0 unspecified atom stereocenters. The highest BCUT2D eigenvalue weighted by Crippen LogP contribution is 2.35. The summed E-state index contributed by atoms with van der Waals surface area (Å²) in [6, 6.07) is 13.2. The average molecular weight is 321 g/mol. The number of primary amides is 1. The van der Waals surface area contributed by atoms with E-state index in [1.54, 1.807) is 13.2 Å². The molecule has 1 amide bonds. The van der Waals surface area contributed by atoms with Crippen LogP contribution in [-0.2, 0) is 17.9 Å². The van der Waals surface area contributed by atoms with Crippen molar-refractivity contribution < 1.29 is 9.53 Å². The molecule has 1 aliphatic carbocycles. The molecule has 1 saturated carbocycles. The van der Waals surface area contributed by atoms with Crippen LogP contribution in [0.3, 0.4) is 0 Å². The Hall–Kier alpha value is -2.33. The van der Waals surface area contributed by atoms with Crippen molar-refractivity contribution in [1.29, 1.82) is 0 Å². The minimum Gasteiger partial charge on any atom is -0.380 e. The van der Waals surface area contributed by atoms with E-state index in [-0.39, 0.29) is 0 Å². The Morgan fingerprint density at radius 2 is 2.21 bits per heavy atom. The number of rotatable bonds is 5. The molecule has 0 saturated heterocycles. The first kappa shape index (κ1) is 15.2. The van der Waals surface area contributed by atoms with Gasteiger partial charge in [-0.15, -0.1) is 0 Å². The highest BCUT2D eigenvalue weighted by atomic mass is 16.5. The van der Waals surface area contributed by atoms with Gasteiger partial charge in [-0.05, 0) is 54.7 Å². The van der Waals surface area contributed by atoms with Gasteiger partial charge in [0.05, 0.1) is 12.1 Å². The lowest BCUT2D eigenvalue weighted by molar-refractivity contribution is 0.100. The second kappa shape index (κ2) is 5.95. The van der Waals surface area contributed by atoms with Gasteiger partial charge in [-0.2, -0.15) is 0 Å². The number of nitrogens with zero attached hydrogens (tertiary/aromatic N) is 1. The van der Waals surface area contributed by atoms with Crippen LogP contribution in [0.15, 0.2) is 30.3 Å². The molecular weight excluding hydrogens is 300 g/mol. The van der Waals surface area contributed by atoms with Crippen LogP contribution in [0.25, 0.3) is 21.8 Å². The maximum absolute atomic E-state index is 11.9. The Morgan fingerprint density at radius 3 is 2.88 bits per heavy atom. The molecule has 4 nitrogen and oxygen atoms in total. The van der Waals surface area contributed by atoms with Crippen molar-refractivity contribution in [2.45, 2.75) is 32.4 Å². The fourth-order valence-corrected chi connectivity index (χ4v) is 3.68. The van der Waals surface area contributed by atoms with E-state index in [9.17, 15) is 4.79 Å². The summed E-state index contributed by atoms with van der Waals surface area (Å²) in [6.07, 6.45) is 3.87. The van der Waals surface area contributed by atoms with Crippen molar-refractivity contribution in [1.82, 2.24) is 4.57 Å². The van der Waals surface area contributed by atoms with Crippen LogP contribution in [0.4, 0.5) is 0 Å². The van der Waals surface area contributed by atoms with Crippen molar-refractivity contribution in [3.63, 3.8) is 0 Å². The van der Waals surface area contributed by atoms with Crippen LogP contribution in [0.5, 0.6) is 0 Å². The number of hydrogen-bond donors (Lipinski definition) is 1. The minimum atomic E-state index is -0.391. The summed E-state index contributed by atoms with van der Waals surface area (Å²) in [7, 11) is 1.69. The van der Waals surface area contributed by atoms with Gasteiger partial charge < -0.3 is 15.0 Å². The van der Waals surface area contributed by atoms with Crippen LogP contribution >= 0.6 is 0 Å². The van der Waals surface area contributed by atoms with Crippen molar-refractivity contribution in [3.8, 4) is 0 Å². The first-order chi connectivity index (χ1) is 11.7. The second-order valence-corrected chi connectivity index (χ2v) is 6.67. The van der Waals surface area contributed by atoms with Crippen LogP contribution in [0.1, 0.15) is 35.2 Å². The van der Waals surface area contributed by atoms with Crippen LogP contribution in [0, 0.1) is 12.0 Å². The third-order valence-electron chi connectivity index (χ3n) is 5.10. The Morgan fingerprint density at radius 1 is 1.38 bits per heavy atom. The number of ether oxygens (including phenoxy) is 1. The molecular formula is C20H21N2O2. The van der Waals surface area contributed by atoms with E-state index < -0.39 is 5.91 Å². The highest BCUT2D eigenvalue weighted by molar-refractivity contribution is 6.17. The Labute approximate surface area is 141 Å². The smallest absolute Gasteiger partial charge is 0.249 e. The summed E-state index contributed by atoms with van der Waals surface area (Å²) in [6.45, 7) is 1.53. The van der Waals surface area contributed by atoms with Crippen LogP contribution < -0.4 is 5.73 Å². The number of amides is 1. The van der Waals surface area contributed by atoms with Crippen molar-refractivity contribution in [2.24, 2.45) is 11.7 Å². The Kier molecular flexibility index (Phi) is 3.77. The number of methoxy groups -OCH3 is 1. The topological polar surface area (TPSA) is 57.2 Å². The minimum absolute atomic E-state index is 0.391. The third-order valence-corrected chi connectivity index (χ3v) is 5.10. The van der Waals surface area contributed by atoms with E-state index in [0.717, 1.165) is 33.9 Å². The number of carbonyl (C=O) groups excluding carboxylic acids is 1. The van der Waals surface area contributed by atoms with Crippen molar-refractivity contribution in [2.75, 3.05) is 7.11 Å². The summed E-state index contributed by atoms with van der Waals surface area (Å²) in [5.41, 5.74) is 9.45. The normalized spacial score (nSPS) is 15.0. The zero-order valence-corrected chi connectivity index (χ0v) is 13.8. The van der Waals surface area contributed by atoms with Gasteiger partial charge in [0.15, 0.2) is 0 Å². The maximum Gasteiger partial charge on any atom is 0.249 e. The predicted octanol–water partition coefficient (Wildman–Crippen LogP) is 3.64. The molecule has 0 atom stereocenters. The van der Waals surface area contributed by atoms with E-state index in [1.165, 1.54) is 19.3 Å². The van der Waals surface area contributed by atoms with Gasteiger partial charge in [-0.1, -0.05) is 12.5 Å². The number of hydrogen-bond acceptors (Lipinski definition) is 2. The fraction of sp³-hybridized carbons (Fsp3) is 0.350. The van der Waals surface area contributed by atoms with Crippen molar-refractivity contribution in [3.05, 3.63) is 47.5 Å². The van der Waals surface area contributed by atoms with E-state index >= 15 is 0 Å². The third kappa shape index (κ3) is 2.38. The number of aromatic nitrogens is 1. The summed E-state index contributed by atoms with van der Waals surface area (Å²) >= 11 is 0. The summed E-state index contributed by atoms with van der Waals surface area (Å²) < 4.78 is 7.59. The van der Waals surface area contributed by atoms with Gasteiger partial charge in [0, 0.05) is 35.5 Å². The first-order valence-electron chi connectivity index (χ1n) is 8.43. The average Bonchev–Trinajstić information content (AvgIpc) is 2.84. The molecule has 24 heavy (non-hydrogen) atoms. The lowest BCUT2D eigenvalue weighted by Gasteiger charge is -2.26. The van der Waals surface area contributed by atoms with Crippen LogP contribution in [-0.4, -0.2) is 17.6 Å². The Bertz CT molecular complexity index is 922. The first-order valence-corrected chi connectivity index (χ1v) is 8.43. The molecule has 1 aromatic heterocycles. The van der Waals surface area contributed by atoms with Gasteiger partial charge in [0.2, 0.25) is 5.91 Å². The van der Waals surface area contributed by atoms with Gasteiger partial charge in [0.25, 0.3) is 0 Å². The Balaban J connectivity index is 2.00. The molecule has 3 aromatic rings. The zero-order valence-electron chi connectivity index (χ0n) is 13.8. The molecule has 0 bridgehead atoms. The van der Waals surface area contributed by atoms with E-state index in [1.807, 2.05) is 12.1 Å². The van der Waals surface area contributed by atoms with E-state index in [0.29, 0.717) is 18.1 Å². The van der Waals surface area contributed by atoms with Crippen molar-refractivity contribution >= 4 is 27.7 Å². The molecule has 1 radical (unpaired) electrons. The largest absolute Gasteiger partial charge is 0.380 e. The van der Waals surface area contributed by atoms with E-state index in [4.69, 9.17) is 10.5 Å². The van der Waals surface area contributed by atoms with Gasteiger partial charge >= 0.3 is 0 Å². The summed E-state index contributed by atoms with van der Waals surface area (Å²) in [4.78, 5) is 11.9. The van der Waals surface area contributed by atoms with Gasteiger partial charge in [-0.3, -0.25) is 4.79 Å². The number of carbonyl (C=O) groups is 1. The maximum atomic E-state index is 11.9. The predicted molar refractivity (Wildman–Crippen MR) is 94.9 cm³/mol. The summed E-state index contributed by atoms with van der Waals surface area (Å²) in [5.74, 6) is 0.324.